The second-order valence-corrected chi connectivity index (χ2v) is 6.47. The lowest BCUT2D eigenvalue weighted by Gasteiger charge is -2.45. The van der Waals surface area contributed by atoms with Gasteiger partial charge in [0.25, 0.3) is 0 Å². The molecule has 0 unspecified atom stereocenters. The predicted octanol–water partition coefficient (Wildman–Crippen LogP) is 2.04. The van der Waals surface area contributed by atoms with E-state index in [1.54, 1.807) is 0 Å². The fourth-order valence-electron chi connectivity index (χ4n) is 2.53. The third kappa shape index (κ3) is 3.34. The summed E-state index contributed by atoms with van der Waals surface area (Å²) in [6.45, 7) is 8.20. The highest BCUT2D eigenvalue weighted by Crippen LogP contribution is 2.29. The Balaban J connectivity index is 1.76. The quantitative estimate of drug-likeness (QED) is 0.760. The molecular weight excluding hydrogens is 235 g/mol. The number of amides is 1. The number of carbonyl (C=O) groups is 1. The lowest BCUT2D eigenvalue weighted by molar-refractivity contribution is -0.0617. The van der Waals surface area contributed by atoms with E-state index in [0.29, 0.717) is 6.54 Å². The molecule has 0 bridgehead atoms. The second kappa shape index (κ2) is 4.68. The van der Waals surface area contributed by atoms with Crippen molar-refractivity contribution in [2.75, 3.05) is 32.7 Å². The van der Waals surface area contributed by atoms with Crippen LogP contribution in [0.15, 0.2) is 0 Å². The molecule has 2 saturated heterocycles. The van der Waals surface area contributed by atoms with Gasteiger partial charge in [0.1, 0.15) is 5.60 Å². The number of nitrogens with zero attached hydrogens (tertiary/aromatic N) is 2. The molecule has 1 amide bonds. The molecule has 0 aliphatic carbocycles. The average molecular weight is 258 g/mol. The first-order valence-corrected chi connectivity index (χ1v) is 6.67. The van der Waals surface area contributed by atoms with Crippen LogP contribution in [0.4, 0.5) is 9.18 Å². The van der Waals surface area contributed by atoms with Gasteiger partial charge in [0.2, 0.25) is 0 Å². The first-order chi connectivity index (χ1) is 8.27. The lowest BCUT2D eigenvalue weighted by Crippen LogP contribution is -2.65. The highest BCUT2D eigenvalue weighted by molar-refractivity contribution is 5.69. The zero-order chi connectivity index (χ0) is 13.4. The summed E-state index contributed by atoms with van der Waals surface area (Å²) in [4.78, 5) is 15.3. The standard InChI is InChI=1S/C13H23FN2O2/c1-12(2,3)18-11(17)16-9-13(14,10-16)8-15-6-4-5-7-15/h4-10H2,1-3H3. The van der Waals surface area contributed by atoms with E-state index in [9.17, 15) is 9.18 Å². The average Bonchev–Trinajstić information content (AvgIpc) is 2.63. The molecule has 0 saturated carbocycles. The van der Waals surface area contributed by atoms with Crippen molar-refractivity contribution in [1.82, 2.24) is 9.80 Å². The summed E-state index contributed by atoms with van der Waals surface area (Å²) in [7, 11) is 0. The number of alkyl halides is 1. The first kappa shape index (κ1) is 13.6. The van der Waals surface area contributed by atoms with Crippen molar-refractivity contribution in [2.45, 2.75) is 44.9 Å². The molecule has 2 fully saturated rings. The molecule has 2 heterocycles. The Labute approximate surface area is 108 Å². The number of carbonyl (C=O) groups excluding carboxylic acids is 1. The summed E-state index contributed by atoms with van der Waals surface area (Å²) in [5.41, 5.74) is -1.75. The number of likely N-dealkylation sites (tertiary alicyclic amines) is 2. The van der Waals surface area contributed by atoms with Crippen LogP contribution in [0.2, 0.25) is 0 Å². The minimum atomic E-state index is -1.23. The number of halogens is 1. The van der Waals surface area contributed by atoms with E-state index >= 15 is 0 Å². The van der Waals surface area contributed by atoms with E-state index in [4.69, 9.17) is 4.74 Å². The van der Waals surface area contributed by atoms with Crippen LogP contribution in [-0.4, -0.2) is 59.9 Å². The molecule has 104 valence electrons. The Morgan fingerprint density at radius 3 is 2.33 bits per heavy atom. The van der Waals surface area contributed by atoms with Crippen LogP contribution in [0.1, 0.15) is 33.6 Å². The van der Waals surface area contributed by atoms with Gasteiger partial charge in [0, 0.05) is 6.54 Å². The molecule has 0 aromatic carbocycles. The van der Waals surface area contributed by atoms with Crippen molar-refractivity contribution in [3.63, 3.8) is 0 Å². The molecule has 2 aliphatic heterocycles. The van der Waals surface area contributed by atoms with Crippen LogP contribution in [-0.2, 0) is 4.74 Å². The van der Waals surface area contributed by atoms with Gasteiger partial charge >= 0.3 is 6.09 Å². The molecule has 5 heteroatoms. The van der Waals surface area contributed by atoms with Crippen LogP contribution in [0, 0.1) is 0 Å². The smallest absolute Gasteiger partial charge is 0.410 e. The molecule has 0 radical (unpaired) electrons. The number of hydrogen-bond acceptors (Lipinski definition) is 3. The van der Waals surface area contributed by atoms with E-state index < -0.39 is 17.4 Å². The summed E-state index contributed by atoms with van der Waals surface area (Å²) >= 11 is 0. The van der Waals surface area contributed by atoms with Crippen molar-refractivity contribution < 1.29 is 13.9 Å². The van der Waals surface area contributed by atoms with Crippen LogP contribution in [0.25, 0.3) is 0 Å². The molecule has 0 atom stereocenters. The first-order valence-electron chi connectivity index (χ1n) is 6.67. The third-order valence-electron chi connectivity index (χ3n) is 3.31. The minimum Gasteiger partial charge on any atom is -0.444 e. The number of ether oxygens (including phenoxy) is 1. The van der Waals surface area contributed by atoms with E-state index in [1.165, 1.54) is 4.90 Å². The Hall–Kier alpha value is -0.840. The van der Waals surface area contributed by atoms with E-state index in [1.807, 2.05) is 20.8 Å². The highest BCUT2D eigenvalue weighted by atomic mass is 19.1. The second-order valence-electron chi connectivity index (χ2n) is 6.47. The fraction of sp³-hybridized carbons (Fsp3) is 0.923. The summed E-state index contributed by atoms with van der Waals surface area (Å²) in [5, 5.41) is 0. The van der Waals surface area contributed by atoms with Gasteiger partial charge in [-0.1, -0.05) is 0 Å². The van der Waals surface area contributed by atoms with Gasteiger partial charge in [0.15, 0.2) is 5.67 Å². The number of rotatable bonds is 2. The Morgan fingerprint density at radius 2 is 1.83 bits per heavy atom. The Morgan fingerprint density at radius 1 is 1.28 bits per heavy atom. The molecule has 0 spiro atoms. The van der Waals surface area contributed by atoms with Crippen molar-refractivity contribution in [2.24, 2.45) is 0 Å². The summed E-state index contributed by atoms with van der Waals surface area (Å²) < 4.78 is 19.5. The van der Waals surface area contributed by atoms with Crippen molar-refractivity contribution in [3.05, 3.63) is 0 Å². The maximum atomic E-state index is 14.3. The number of hydrogen-bond donors (Lipinski definition) is 0. The van der Waals surface area contributed by atoms with Crippen LogP contribution < -0.4 is 0 Å². The zero-order valence-electron chi connectivity index (χ0n) is 11.5. The van der Waals surface area contributed by atoms with E-state index in [0.717, 1.165) is 25.9 Å². The Bertz CT molecular complexity index is 315. The summed E-state index contributed by atoms with van der Waals surface area (Å²) in [6.07, 6.45) is 1.91. The van der Waals surface area contributed by atoms with Crippen molar-refractivity contribution >= 4 is 6.09 Å². The van der Waals surface area contributed by atoms with Crippen LogP contribution in [0.5, 0.6) is 0 Å². The highest BCUT2D eigenvalue weighted by Gasteiger charge is 2.48. The van der Waals surface area contributed by atoms with Crippen molar-refractivity contribution in [3.8, 4) is 0 Å². The zero-order valence-corrected chi connectivity index (χ0v) is 11.5. The van der Waals surface area contributed by atoms with Crippen molar-refractivity contribution in [1.29, 1.82) is 0 Å². The normalized spacial score (nSPS) is 23.9. The Kier molecular flexibility index (Phi) is 3.54. The van der Waals surface area contributed by atoms with Gasteiger partial charge in [0.05, 0.1) is 13.1 Å². The van der Waals surface area contributed by atoms with Gasteiger partial charge in [-0.2, -0.15) is 0 Å². The van der Waals surface area contributed by atoms with Gasteiger partial charge in [-0.05, 0) is 46.7 Å². The third-order valence-corrected chi connectivity index (χ3v) is 3.31. The molecule has 18 heavy (non-hydrogen) atoms. The molecule has 0 N–H and O–H groups in total. The maximum Gasteiger partial charge on any atom is 0.410 e. The van der Waals surface area contributed by atoms with E-state index in [-0.39, 0.29) is 13.1 Å². The van der Waals surface area contributed by atoms with Gasteiger partial charge in [-0.15, -0.1) is 0 Å². The van der Waals surface area contributed by atoms with Gasteiger partial charge in [-0.3, -0.25) is 0 Å². The summed E-state index contributed by atoms with van der Waals surface area (Å²) in [6, 6.07) is 0. The maximum absolute atomic E-state index is 14.3. The van der Waals surface area contributed by atoms with E-state index in [2.05, 4.69) is 4.90 Å². The fourth-order valence-corrected chi connectivity index (χ4v) is 2.53. The molecule has 0 aromatic heterocycles. The molecule has 2 aliphatic rings. The topological polar surface area (TPSA) is 32.8 Å². The SMILES string of the molecule is CC(C)(C)OC(=O)N1CC(F)(CN2CCCC2)C1. The molecular formula is C13H23FN2O2. The van der Waals surface area contributed by atoms with Gasteiger partial charge < -0.3 is 14.5 Å². The largest absolute Gasteiger partial charge is 0.444 e. The van der Waals surface area contributed by atoms with Gasteiger partial charge in [-0.25, -0.2) is 9.18 Å². The molecule has 2 rings (SSSR count). The summed E-state index contributed by atoms with van der Waals surface area (Å²) in [5.74, 6) is 0. The minimum absolute atomic E-state index is 0.165. The predicted molar refractivity (Wildman–Crippen MR) is 67.3 cm³/mol. The molecule has 0 aromatic rings. The monoisotopic (exact) mass is 258 g/mol. The molecule has 4 nitrogen and oxygen atoms in total. The lowest BCUT2D eigenvalue weighted by atomic mass is 9.96. The van der Waals surface area contributed by atoms with Crippen LogP contribution in [0.3, 0.4) is 0 Å². The van der Waals surface area contributed by atoms with Crippen LogP contribution >= 0.6 is 0 Å².